The Labute approximate surface area is 124 Å². The third kappa shape index (κ3) is 2.94. The summed E-state index contributed by atoms with van der Waals surface area (Å²) in [6.07, 6.45) is 0. The minimum Gasteiger partial charge on any atom is -0.384 e. The molecule has 0 radical (unpaired) electrons. The van der Waals surface area contributed by atoms with E-state index >= 15 is 0 Å². The van der Waals surface area contributed by atoms with Crippen LogP contribution in [0.5, 0.6) is 0 Å². The fourth-order valence-electron chi connectivity index (χ4n) is 1.83. The van der Waals surface area contributed by atoms with Gasteiger partial charge in [-0.15, -0.1) is 11.3 Å². The van der Waals surface area contributed by atoms with Crippen molar-refractivity contribution < 1.29 is 9.90 Å². The number of hydrogen-bond donors (Lipinski definition) is 3. The van der Waals surface area contributed by atoms with Crippen LogP contribution in [0.2, 0.25) is 0 Å². The lowest BCUT2D eigenvalue weighted by Crippen LogP contribution is -2.11. The number of H-pyrrole nitrogens is 1. The van der Waals surface area contributed by atoms with E-state index in [2.05, 4.69) is 27.1 Å². The van der Waals surface area contributed by atoms with Crippen molar-refractivity contribution in [2.45, 2.75) is 0 Å². The van der Waals surface area contributed by atoms with Gasteiger partial charge in [-0.05, 0) is 24.3 Å². The highest BCUT2D eigenvalue weighted by atomic mass is 32.1. The quantitative estimate of drug-likeness (QED) is 0.635. The van der Waals surface area contributed by atoms with Crippen molar-refractivity contribution >= 4 is 34.2 Å². The van der Waals surface area contributed by atoms with Gasteiger partial charge in [0.05, 0.1) is 20.8 Å². The van der Waals surface area contributed by atoms with Crippen LogP contribution in [-0.4, -0.2) is 27.6 Å². The molecule has 3 rings (SSSR count). The minimum atomic E-state index is -0.240. The molecule has 1 amide bonds. The molecule has 2 heterocycles. The maximum Gasteiger partial charge on any atom is 0.268 e. The molecule has 0 spiro atoms. The van der Waals surface area contributed by atoms with Crippen LogP contribution in [0, 0.1) is 11.8 Å². The van der Waals surface area contributed by atoms with Gasteiger partial charge in [0.2, 0.25) is 5.95 Å². The van der Waals surface area contributed by atoms with Crippen LogP contribution in [0.1, 0.15) is 14.5 Å². The van der Waals surface area contributed by atoms with E-state index in [0.717, 1.165) is 15.9 Å². The Morgan fingerprint density at radius 3 is 3.00 bits per heavy atom. The Hall–Kier alpha value is -2.62. The number of anilines is 1. The Kier molecular flexibility index (Phi) is 3.69. The molecule has 0 unspecified atom stereocenters. The number of imidazole rings is 1. The fourth-order valence-corrected chi connectivity index (χ4v) is 2.61. The zero-order valence-corrected chi connectivity index (χ0v) is 11.7. The highest BCUT2D eigenvalue weighted by Crippen LogP contribution is 2.18. The van der Waals surface area contributed by atoms with Crippen molar-refractivity contribution in [1.82, 2.24) is 9.97 Å². The summed E-state index contributed by atoms with van der Waals surface area (Å²) < 4.78 is 0. The molecule has 0 aliphatic carbocycles. The molecule has 3 N–H and O–H groups in total. The Morgan fingerprint density at radius 2 is 2.19 bits per heavy atom. The van der Waals surface area contributed by atoms with Crippen molar-refractivity contribution in [2.75, 3.05) is 11.9 Å². The number of amides is 1. The number of nitrogens with one attached hydrogen (secondary N) is 2. The number of carbonyl (C=O) groups excluding carboxylic acids is 1. The lowest BCUT2D eigenvalue weighted by Gasteiger charge is -1.97. The monoisotopic (exact) mass is 297 g/mol. The van der Waals surface area contributed by atoms with Gasteiger partial charge in [-0.1, -0.05) is 24.0 Å². The number of aromatic amines is 1. The zero-order valence-electron chi connectivity index (χ0n) is 10.9. The first-order chi connectivity index (χ1) is 10.3. The number of thiophene rings is 1. The van der Waals surface area contributed by atoms with Crippen LogP contribution >= 0.6 is 11.3 Å². The summed E-state index contributed by atoms with van der Waals surface area (Å²) in [6.45, 7) is -0.196. The first-order valence-electron chi connectivity index (χ1n) is 6.22. The SMILES string of the molecule is O=C(Nc1nc2ccccc2[nH]1)c1ccc(C#CCO)s1. The molecule has 0 bridgehead atoms. The van der Waals surface area contributed by atoms with Gasteiger partial charge in [-0.3, -0.25) is 10.1 Å². The van der Waals surface area contributed by atoms with Crippen molar-refractivity contribution in [3.05, 3.63) is 46.2 Å². The molecule has 0 aliphatic heterocycles. The summed E-state index contributed by atoms with van der Waals surface area (Å²) in [4.78, 5) is 20.7. The summed E-state index contributed by atoms with van der Waals surface area (Å²) in [6, 6.07) is 11.0. The first-order valence-corrected chi connectivity index (χ1v) is 7.03. The topological polar surface area (TPSA) is 78.0 Å². The normalized spacial score (nSPS) is 10.1. The van der Waals surface area contributed by atoms with Crippen LogP contribution in [-0.2, 0) is 0 Å². The summed E-state index contributed by atoms with van der Waals surface area (Å²) in [5, 5.41) is 11.4. The standard InChI is InChI=1S/C15H11N3O2S/c19-9-3-4-10-7-8-13(21-10)14(20)18-15-16-11-5-1-2-6-12(11)17-15/h1-2,5-8,19H,9H2,(H2,16,17,18,20). The van der Waals surface area contributed by atoms with E-state index in [9.17, 15) is 4.79 Å². The lowest BCUT2D eigenvalue weighted by molar-refractivity contribution is 0.103. The highest BCUT2D eigenvalue weighted by molar-refractivity contribution is 7.14. The van der Waals surface area contributed by atoms with E-state index in [1.165, 1.54) is 11.3 Å². The molecular formula is C15H11N3O2S. The van der Waals surface area contributed by atoms with E-state index < -0.39 is 0 Å². The van der Waals surface area contributed by atoms with Gasteiger partial charge >= 0.3 is 0 Å². The Morgan fingerprint density at radius 1 is 1.33 bits per heavy atom. The molecule has 0 fully saturated rings. The molecule has 0 atom stereocenters. The van der Waals surface area contributed by atoms with Crippen molar-refractivity contribution in [2.24, 2.45) is 0 Å². The average Bonchev–Trinajstić information content (AvgIpc) is 3.11. The second-order valence-electron chi connectivity index (χ2n) is 4.18. The van der Waals surface area contributed by atoms with E-state index in [1.807, 2.05) is 24.3 Å². The van der Waals surface area contributed by atoms with Gasteiger partial charge in [0.25, 0.3) is 5.91 Å². The van der Waals surface area contributed by atoms with Crippen molar-refractivity contribution in [1.29, 1.82) is 0 Å². The summed E-state index contributed by atoms with van der Waals surface area (Å²) in [5.41, 5.74) is 1.67. The Bertz CT molecular complexity index is 821. The summed E-state index contributed by atoms with van der Waals surface area (Å²) in [7, 11) is 0. The van der Waals surface area contributed by atoms with Crippen LogP contribution in [0.25, 0.3) is 11.0 Å². The van der Waals surface area contributed by atoms with Crippen LogP contribution in [0.3, 0.4) is 0 Å². The number of fused-ring (bicyclic) bond motifs is 1. The third-order valence-corrected chi connectivity index (χ3v) is 3.74. The molecule has 21 heavy (non-hydrogen) atoms. The maximum absolute atomic E-state index is 12.1. The van der Waals surface area contributed by atoms with E-state index in [-0.39, 0.29) is 12.5 Å². The van der Waals surface area contributed by atoms with Gasteiger partial charge in [0.1, 0.15) is 6.61 Å². The number of aliphatic hydroxyl groups excluding tert-OH is 1. The van der Waals surface area contributed by atoms with Crippen LogP contribution in [0.15, 0.2) is 36.4 Å². The fraction of sp³-hybridized carbons (Fsp3) is 0.0667. The number of benzene rings is 1. The van der Waals surface area contributed by atoms with Crippen LogP contribution in [0.4, 0.5) is 5.95 Å². The highest BCUT2D eigenvalue weighted by Gasteiger charge is 2.11. The average molecular weight is 297 g/mol. The van der Waals surface area contributed by atoms with Gasteiger partial charge in [-0.2, -0.15) is 0 Å². The van der Waals surface area contributed by atoms with Crippen molar-refractivity contribution in [3.8, 4) is 11.8 Å². The van der Waals surface area contributed by atoms with E-state index in [0.29, 0.717) is 10.8 Å². The summed E-state index contributed by atoms with van der Waals surface area (Å²) in [5.74, 6) is 5.49. The minimum absolute atomic E-state index is 0.196. The Balaban J connectivity index is 1.77. The number of nitrogens with zero attached hydrogens (tertiary/aromatic N) is 1. The molecule has 0 aliphatic rings. The van der Waals surface area contributed by atoms with Crippen molar-refractivity contribution in [3.63, 3.8) is 0 Å². The second kappa shape index (κ2) is 5.79. The largest absolute Gasteiger partial charge is 0.384 e. The number of hydrogen-bond acceptors (Lipinski definition) is 4. The van der Waals surface area contributed by atoms with Gasteiger partial charge < -0.3 is 10.1 Å². The third-order valence-electron chi connectivity index (χ3n) is 2.74. The van der Waals surface area contributed by atoms with Gasteiger partial charge in [0.15, 0.2) is 0 Å². The molecule has 1 aromatic carbocycles. The lowest BCUT2D eigenvalue weighted by atomic mass is 10.3. The molecule has 104 valence electrons. The second-order valence-corrected chi connectivity index (χ2v) is 5.26. The number of para-hydroxylation sites is 2. The molecule has 2 aromatic heterocycles. The predicted octanol–water partition coefficient (Wildman–Crippen LogP) is 2.22. The molecule has 6 heteroatoms. The number of rotatable bonds is 2. The van der Waals surface area contributed by atoms with E-state index in [4.69, 9.17) is 5.11 Å². The maximum atomic E-state index is 12.1. The molecule has 0 saturated heterocycles. The number of aliphatic hydroxyl groups is 1. The predicted molar refractivity (Wildman–Crippen MR) is 82.3 cm³/mol. The molecule has 5 nitrogen and oxygen atoms in total. The molecular weight excluding hydrogens is 286 g/mol. The zero-order chi connectivity index (χ0) is 14.7. The number of carbonyl (C=O) groups is 1. The summed E-state index contributed by atoms with van der Waals surface area (Å²) >= 11 is 1.27. The van der Waals surface area contributed by atoms with Gasteiger partial charge in [-0.25, -0.2) is 4.98 Å². The molecule has 3 aromatic rings. The van der Waals surface area contributed by atoms with E-state index in [1.54, 1.807) is 12.1 Å². The first kappa shape index (κ1) is 13.4. The number of aromatic nitrogens is 2. The molecule has 0 saturated carbocycles. The smallest absolute Gasteiger partial charge is 0.268 e. The van der Waals surface area contributed by atoms with Gasteiger partial charge in [0, 0.05) is 0 Å². The van der Waals surface area contributed by atoms with Crippen LogP contribution < -0.4 is 5.32 Å².